The molecular weight excluding hydrogens is 281 g/mol. The third kappa shape index (κ3) is 3.02. The lowest BCUT2D eigenvalue weighted by Crippen LogP contribution is -2.44. The zero-order chi connectivity index (χ0) is 15.7. The number of rotatable bonds is 4. The Hall–Kier alpha value is -1.42. The van der Waals surface area contributed by atoms with Crippen molar-refractivity contribution in [2.45, 2.75) is 57.0 Å². The van der Waals surface area contributed by atoms with Crippen molar-refractivity contribution >= 4 is 5.97 Å². The number of likely N-dealkylation sites (tertiary alicyclic amines) is 1. The Labute approximate surface area is 131 Å². The monoisotopic (exact) mass is 305 g/mol. The van der Waals surface area contributed by atoms with Gasteiger partial charge in [0, 0.05) is 12.6 Å². The molecule has 2 fully saturated rings. The van der Waals surface area contributed by atoms with E-state index in [2.05, 4.69) is 11.8 Å². The van der Waals surface area contributed by atoms with Crippen molar-refractivity contribution in [3.05, 3.63) is 35.6 Å². The molecule has 1 aliphatic carbocycles. The second-order valence-corrected chi connectivity index (χ2v) is 6.85. The number of benzene rings is 1. The molecule has 0 amide bonds. The van der Waals surface area contributed by atoms with Crippen molar-refractivity contribution in [3.63, 3.8) is 0 Å². The largest absolute Gasteiger partial charge is 0.480 e. The van der Waals surface area contributed by atoms with Crippen molar-refractivity contribution in [1.29, 1.82) is 0 Å². The summed E-state index contributed by atoms with van der Waals surface area (Å²) in [5.41, 5.74) is 1.07. The first kappa shape index (κ1) is 15.5. The standard InChI is InChI=1S/C18H24FNO2/c1-12(13-6-8-15(19)9-7-13)11-20-16-5-3-2-4-14(16)10-17(20)18(21)22/h6-9,12,14,16-17H,2-5,10-11H2,1H3,(H,21,22). The quantitative estimate of drug-likeness (QED) is 0.923. The van der Waals surface area contributed by atoms with Crippen LogP contribution in [0.5, 0.6) is 0 Å². The van der Waals surface area contributed by atoms with Crippen LogP contribution in [-0.4, -0.2) is 34.6 Å². The number of carbonyl (C=O) groups is 1. The van der Waals surface area contributed by atoms with Gasteiger partial charge >= 0.3 is 5.97 Å². The highest BCUT2D eigenvalue weighted by atomic mass is 19.1. The number of nitrogens with zero attached hydrogens (tertiary/aromatic N) is 1. The van der Waals surface area contributed by atoms with Crippen LogP contribution in [0.15, 0.2) is 24.3 Å². The highest BCUT2D eigenvalue weighted by Gasteiger charge is 2.45. The van der Waals surface area contributed by atoms with Crippen molar-refractivity contribution in [2.24, 2.45) is 5.92 Å². The molecule has 1 N–H and O–H groups in total. The van der Waals surface area contributed by atoms with Crippen LogP contribution in [-0.2, 0) is 4.79 Å². The summed E-state index contributed by atoms with van der Waals surface area (Å²) in [7, 11) is 0. The minimum atomic E-state index is -0.694. The zero-order valence-corrected chi connectivity index (χ0v) is 13.0. The topological polar surface area (TPSA) is 40.5 Å². The number of halogens is 1. The first-order chi connectivity index (χ1) is 10.6. The van der Waals surface area contributed by atoms with Crippen LogP contribution < -0.4 is 0 Å². The molecule has 120 valence electrons. The van der Waals surface area contributed by atoms with Crippen molar-refractivity contribution in [2.75, 3.05) is 6.54 Å². The molecule has 4 unspecified atom stereocenters. The van der Waals surface area contributed by atoms with Gasteiger partial charge < -0.3 is 5.11 Å². The fraction of sp³-hybridized carbons (Fsp3) is 0.611. The van der Waals surface area contributed by atoms with Crippen LogP contribution in [0.2, 0.25) is 0 Å². The molecule has 0 spiro atoms. The fourth-order valence-electron chi connectivity index (χ4n) is 4.27. The number of aliphatic carboxylic acids is 1. The molecule has 1 aromatic rings. The van der Waals surface area contributed by atoms with Crippen LogP contribution in [0.4, 0.5) is 4.39 Å². The molecule has 4 heteroatoms. The van der Waals surface area contributed by atoms with E-state index in [1.165, 1.54) is 25.0 Å². The Bertz CT molecular complexity index is 530. The van der Waals surface area contributed by atoms with Gasteiger partial charge in [-0.25, -0.2) is 4.39 Å². The molecule has 1 aliphatic heterocycles. The summed E-state index contributed by atoms with van der Waals surface area (Å²) in [6, 6.07) is 6.64. The predicted octanol–water partition coefficient (Wildman–Crippen LogP) is 3.65. The third-order valence-electron chi connectivity index (χ3n) is 5.43. The van der Waals surface area contributed by atoms with E-state index < -0.39 is 5.97 Å². The van der Waals surface area contributed by atoms with E-state index in [1.807, 2.05) is 12.1 Å². The van der Waals surface area contributed by atoms with E-state index in [0.29, 0.717) is 12.0 Å². The summed E-state index contributed by atoms with van der Waals surface area (Å²) in [4.78, 5) is 13.8. The molecule has 3 nitrogen and oxygen atoms in total. The highest BCUT2D eigenvalue weighted by Crippen LogP contribution is 2.40. The van der Waals surface area contributed by atoms with Crippen LogP contribution in [0.3, 0.4) is 0 Å². The van der Waals surface area contributed by atoms with Crippen LogP contribution in [0.25, 0.3) is 0 Å². The van der Waals surface area contributed by atoms with Gasteiger partial charge in [0.05, 0.1) is 0 Å². The SMILES string of the molecule is CC(CN1C(C(=O)O)CC2CCCCC21)c1ccc(F)cc1. The Morgan fingerprint density at radius 1 is 1.32 bits per heavy atom. The summed E-state index contributed by atoms with van der Waals surface area (Å²) in [5.74, 6) is -0.174. The number of fused-ring (bicyclic) bond motifs is 1. The maximum absolute atomic E-state index is 13.1. The number of carboxylic acid groups (broad SMARTS) is 1. The molecule has 3 rings (SSSR count). The van der Waals surface area contributed by atoms with Crippen LogP contribution in [0, 0.1) is 11.7 Å². The van der Waals surface area contributed by atoms with E-state index in [0.717, 1.165) is 31.4 Å². The lowest BCUT2D eigenvalue weighted by Gasteiger charge is -2.34. The summed E-state index contributed by atoms with van der Waals surface area (Å²) < 4.78 is 13.1. The zero-order valence-electron chi connectivity index (χ0n) is 13.0. The number of carboxylic acids is 1. The molecule has 0 aromatic heterocycles. The van der Waals surface area contributed by atoms with Crippen LogP contribution >= 0.6 is 0 Å². The van der Waals surface area contributed by atoms with Gasteiger partial charge in [0.25, 0.3) is 0 Å². The Morgan fingerprint density at radius 2 is 2.00 bits per heavy atom. The van der Waals surface area contributed by atoms with E-state index in [-0.39, 0.29) is 17.8 Å². The van der Waals surface area contributed by atoms with Gasteiger partial charge in [0.2, 0.25) is 0 Å². The van der Waals surface area contributed by atoms with E-state index in [4.69, 9.17) is 0 Å². The van der Waals surface area contributed by atoms with E-state index >= 15 is 0 Å². The minimum Gasteiger partial charge on any atom is -0.480 e. The summed E-state index contributed by atoms with van der Waals surface area (Å²) in [6.45, 7) is 2.84. The van der Waals surface area contributed by atoms with E-state index in [1.54, 1.807) is 0 Å². The lowest BCUT2D eigenvalue weighted by molar-refractivity contribution is -0.142. The molecule has 0 bridgehead atoms. The molecule has 1 aromatic carbocycles. The lowest BCUT2D eigenvalue weighted by atomic mass is 9.84. The summed E-state index contributed by atoms with van der Waals surface area (Å²) in [6.07, 6.45) is 5.50. The van der Waals surface area contributed by atoms with Gasteiger partial charge in [-0.3, -0.25) is 9.69 Å². The molecule has 1 heterocycles. The molecule has 1 saturated carbocycles. The van der Waals surface area contributed by atoms with E-state index in [9.17, 15) is 14.3 Å². The van der Waals surface area contributed by atoms with Gasteiger partial charge in [-0.15, -0.1) is 0 Å². The first-order valence-electron chi connectivity index (χ1n) is 8.30. The molecule has 2 aliphatic rings. The molecule has 0 radical (unpaired) electrons. The normalized spacial score (nSPS) is 30.0. The Balaban J connectivity index is 1.75. The Morgan fingerprint density at radius 3 is 2.68 bits per heavy atom. The molecule has 1 saturated heterocycles. The smallest absolute Gasteiger partial charge is 0.320 e. The minimum absolute atomic E-state index is 0.211. The maximum atomic E-state index is 13.1. The fourth-order valence-corrected chi connectivity index (χ4v) is 4.27. The second-order valence-electron chi connectivity index (χ2n) is 6.85. The van der Waals surface area contributed by atoms with Crippen molar-refractivity contribution in [3.8, 4) is 0 Å². The van der Waals surface area contributed by atoms with Gasteiger partial charge in [-0.2, -0.15) is 0 Å². The second kappa shape index (κ2) is 6.37. The summed E-state index contributed by atoms with van der Waals surface area (Å²) in [5, 5.41) is 9.56. The van der Waals surface area contributed by atoms with Gasteiger partial charge in [0.1, 0.15) is 11.9 Å². The predicted molar refractivity (Wildman–Crippen MR) is 83.3 cm³/mol. The highest BCUT2D eigenvalue weighted by molar-refractivity contribution is 5.74. The molecule has 22 heavy (non-hydrogen) atoms. The number of hydrogen-bond donors (Lipinski definition) is 1. The van der Waals surface area contributed by atoms with Gasteiger partial charge in [-0.05, 0) is 48.8 Å². The van der Waals surface area contributed by atoms with Gasteiger partial charge in [-0.1, -0.05) is 31.9 Å². The molecular formula is C18H24FNO2. The van der Waals surface area contributed by atoms with Crippen molar-refractivity contribution < 1.29 is 14.3 Å². The number of hydrogen-bond acceptors (Lipinski definition) is 2. The third-order valence-corrected chi connectivity index (χ3v) is 5.43. The van der Waals surface area contributed by atoms with Gasteiger partial charge in [0.15, 0.2) is 0 Å². The van der Waals surface area contributed by atoms with Crippen LogP contribution in [0.1, 0.15) is 50.5 Å². The average molecular weight is 305 g/mol. The van der Waals surface area contributed by atoms with Crippen molar-refractivity contribution in [1.82, 2.24) is 4.90 Å². The maximum Gasteiger partial charge on any atom is 0.320 e. The Kier molecular flexibility index (Phi) is 4.48. The average Bonchev–Trinajstić information content (AvgIpc) is 2.87. The molecule has 4 atom stereocenters. The summed E-state index contributed by atoms with van der Waals surface area (Å²) >= 11 is 0. The first-order valence-corrected chi connectivity index (χ1v) is 8.30.